The number of amides is 2. The van der Waals surface area contributed by atoms with Crippen LogP contribution in [0, 0.1) is 0 Å². The van der Waals surface area contributed by atoms with Crippen LogP contribution in [0.5, 0.6) is 0 Å². The fourth-order valence-corrected chi connectivity index (χ4v) is 5.06. The summed E-state index contributed by atoms with van der Waals surface area (Å²) in [6.45, 7) is 1.54. The van der Waals surface area contributed by atoms with E-state index in [0.29, 0.717) is 54.2 Å². The van der Waals surface area contributed by atoms with Gasteiger partial charge in [-0.15, -0.1) is 0 Å². The third-order valence-corrected chi connectivity index (χ3v) is 7.08. The smallest absolute Gasteiger partial charge is 0.453 e. The van der Waals surface area contributed by atoms with E-state index >= 15 is 0 Å². The molecule has 12 heteroatoms. The molecule has 2 atom stereocenters. The van der Waals surface area contributed by atoms with Crippen molar-refractivity contribution < 1.29 is 32.3 Å². The minimum absolute atomic E-state index is 0.0560. The lowest BCUT2D eigenvalue weighted by Crippen LogP contribution is -2.52. The van der Waals surface area contributed by atoms with Gasteiger partial charge in [-0.05, 0) is 48.7 Å². The summed E-state index contributed by atoms with van der Waals surface area (Å²) in [6.07, 6.45) is -4.98. The number of carbonyl (C=O) groups excluding carboxylic acids is 3. The van der Waals surface area contributed by atoms with Gasteiger partial charge in [-0.3, -0.25) is 14.5 Å². The first-order valence-corrected chi connectivity index (χ1v) is 12.6. The minimum Gasteiger partial charge on any atom is -0.453 e. The molecule has 2 aliphatic heterocycles. The number of esters is 1. The summed E-state index contributed by atoms with van der Waals surface area (Å²) in [5.74, 6) is -2.95. The summed E-state index contributed by atoms with van der Waals surface area (Å²) < 4.78 is 43.7. The number of nitrogens with one attached hydrogen (secondary N) is 1. The van der Waals surface area contributed by atoms with Gasteiger partial charge in [0.1, 0.15) is 6.10 Å². The maximum atomic E-state index is 13.0. The minimum atomic E-state index is -5.11. The van der Waals surface area contributed by atoms with Crippen LogP contribution >= 0.6 is 11.6 Å². The van der Waals surface area contributed by atoms with Crippen LogP contribution in [0.3, 0.4) is 0 Å². The van der Waals surface area contributed by atoms with Crippen molar-refractivity contribution in [3.63, 3.8) is 0 Å². The number of rotatable bonds is 7. The van der Waals surface area contributed by atoms with E-state index in [2.05, 4.69) is 5.32 Å². The summed E-state index contributed by atoms with van der Waals surface area (Å²) in [6, 6.07) is 12.7. The Kier molecular flexibility index (Phi) is 8.59. The maximum Gasteiger partial charge on any atom is 0.490 e. The molecule has 0 spiro atoms. The van der Waals surface area contributed by atoms with Crippen LogP contribution in [0.1, 0.15) is 39.1 Å². The van der Waals surface area contributed by atoms with Gasteiger partial charge in [0.25, 0.3) is 5.91 Å². The number of nitrogens with two attached hydrogens (primary N) is 1. The number of hydrogen-bond acceptors (Lipinski definition) is 6. The second-order valence-electron chi connectivity index (χ2n) is 9.50. The third-order valence-electron chi connectivity index (χ3n) is 6.83. The van der Waals surface area contributed by atoms with Crippen LogP contribution in [0.25, 0.3) is 0 Å². The zero-order valence-electron chi connectivity index (χ0n) is 20.4. The summed E-state index contributed by atoms with van der Waals surface area (Å²) in [7, 11) is 0. The number of hydrogen-bond donors (Lipinski definition) is 2. The van der Waals surface area contributed by atoms with Crippen molar-refractivity contribution in [3.8, 4) is 0 Å². The molecular weight excluding hydrogens is 525 g/mol. The average molecular weight is 553 g/mol. The molecule has 2 unspecified atom stereocenters. The standard InChI is InChI=1S/C26H28ClF3N4O4/c27-18-7-5-16(6-8-18)24(36)34-11-9-19(10-12-34)32-21-14-33(15-22(21)38-25(37)26(28,29)30)13-17-3-1-2-4-20(17)23(31)35/h1-8,19,21-22,32H,9-15H2,(H2,31,35). The number of primary amides is 1. The van der Waals surface area contributed by atoms with Crippen LogP contribution in [0.15, 0.2) is 48.5 Å². The van der Waals surface area contributed by atoms with Gasteiger partial charge in [-0.25, -0.2) is 4.79 Å². The van der Waals surface area contributed by atoms with Gasteiger partial charge in [-0.1, -0.05) is 29.8 Å². The highest BCUT2D eigenvalue weighted by atomic mass is 35.5. The number of benzene rings is 2. The monoisotopic (exact) mass is 552 g/mol. The lowest BCUT2D eigenvalue weighted by molar-refractivity contribution is -0.205. The lowest BCUT2D eigenvalue weighted by Gasteiger charge is -2.35. The Morgan fingerprint density at radius 1 is 1.03 bits per heavy atom. The number of likely N-dealkylation sites (tertiary alicyclic amines) is 2. The summed E-state index contributed by atoms with van der Waals surface area (Å²) in [4.78, 5) is 39.8. The zero-order valence-corrected chi connectivity index (χ0v) is 21.2. The van der Waals surface area contributed by atoms with Crippen molar-refractivity contribution in [2.75, 3.05) is 26.2 Å². The van der Waals surface area contributed by atoms with Crippen LogP contribution in [0.2, 0.25) is 5.02 Å². The average Bonchev–Trinajstić information content (AvgIpc) is 3.24. The van der Waals surface area contributed by atoms with Crippen LogP contribution < -0.4 is 11.1 Å². The highest BCUT2D eigenvalue weighted by Crippen LogP contribution is 2.25. The number of carbonyl (C=O) groups is 3. The van der Waals surface area contributed by atoms with Gasteiger partial charge in [0.05, 0.1) is 6.04 Å². The number of nitrogens with zero attached hydrogens (tertiary/aromatic N) is 2. The van der Waals surface area contributed by atoms with Crippen molar-refractivity contribution in [2.45, 2.75) is 43.8 Å². The molecule has 4 rings (SSSR count). The molecule has 2 heterocycles. The lowest BCUT2D eigenvalue weighted by atomic mass is 10.0. The molecule has 2 aliphatic rings. The fraction of sp³-hybridized carbons (Fsp3) is 0.423. The molecule has 0 aromatic heterocycles. The molecule has 2 fully saturated rings. The van der Waals surface area contributed by atoms with E-state index in [1.165, 1.54) is 0 Å². The molecule has 2 saturated heterocycles. The summed E-state index contributed by atoms with van der Waals surface area (Å²) >= 11 is 5.90. The number of alkyl halides is 3. The highest BCUT2D eigenvalue weighted by molar-refractivity contribution is 6.30. The van der Waals surface area contributed by atoms with Crippen molar-refractivity contribution in [1.82, 2.24) is 15.1 Å². The Hall–Kier alpha value is -3.15. The van der Waals surface area contributed by atoms with Gasteiger partial charge in [0.15, 0.2) is 0 Å². The largest absolute Gasteiger partial charge is 0.490 e. The zero-order chi connectivity index (χ0) is 27.4. The third kappa shape index (κ3) is 6.83. The molecule has 3 N–H and O–H groups in total. The molecule has 38 heavy (non-hydrogen) atoms. The molecule has 0 aliphatic carbocycles. The first-order chi connectivity index (χ1) is 18.0. The second kappa shape index (κ2) is 11.7. The highest BCUT2D eigenvalue weighted by Gasteiger charge is 2.46. The second-order valence-corrected chi connectivity index (χ2v) is 9.94. The van der Waals surface area contributed by atoms with Crippen molar-refractivity contribution >= 4 is 29.4 Å². The topological polar surface area (TPSA) is 105 Å². The van der Waals surface area contributed by atoms with Gasteiger partial charge < -0.3 is 20.7 Å². The van der Waals surface area contributed by atoms with E-state index < -0.39 is 30.2 Å². The number of halogens is 4. The Morgan fingerprint density at radius 3 is 2.32 bits per heavy atom. The maximum absolute atomic E-state index is 13.0. The van der Waals surface area contributed by atoms with Crippen molar-refractivity contribution in [1.29, 1.82) is 0 Å². The van der Waals surface area contributed by atoms with Gasteiger partial charge in [0.2, 0.25) is 5.91 Å². The van der Waals surface area contributed by atoms with E-state index in [9.17, 15) is 27.6 Å². The van der Waals surface area contributed by atoms with E-state index in [0.717, 1.165) is 0 Å². The first-order valence-electron chi connectivity index (χ1n) is 12.2. The van der Waals surface area contributed by atoms with E-state index in [4.69, 9.17) is 22.1 Å². The molecule has 0 saturated carbocycles. The Bertz CT molecular complexity index is 1170. The van der Waals surface area contributed by atoms with Gasteiger partial charge >= 0.3 is 12.1 Å². The summed E-state index contributed by atoms with van der Waals surface area (Å²) in [5.41, 5.74) is 6.95. The van der Waals surface area contributed by atoms with Crippen LogP contribution in [0.4, 0.5) is 13.2 Å². The number of piperidine rings is 1. The van der Waals surface area contributed by atoms with Crippen molar-refractivity contribution in [2.24, 2.45) is 5.73 Å². The fourth-order valence-electron chi connectivity index (χ4n) is 4.93. The molecule has 2 aromatic rings. The molecule has 8 nitrogen and oxygen atoms in total. The van der Waals surface area contributed by atoms with Crippen LogP contribution in [-0.4, -0.2) is 78.1 Å². The van der Waals surface area contributed by atoms with Crippen molar-refractivity contribution in [3.05, 3.63) is 70.2 Å². The predicted molar refractivity (Wildman–Crippen MR) is 133 cm³/mol. The van der Waals surface area contributed by atoms with Crippen LogP contribution in [-0.2, 0) is 16.1 Å². The first kappa shape index (κ1) is 27.9. The Balaban J connectivity index is 1.40. The Morgan fingerprint density at radius 2 is 1.68 bits per heavy atom. The number of ether oxygens (including phenoxy) is 1. The normalized spacial score (nSPS) is 20.9. The van der Waals surface area contributed by atoms with Gasteiger partial charge in [0, 0.05) is 54.9 Å². The molecule has 0 radical (unpaired) electrons. The summed E-state index contributed by atoms with van der Waals surface area (Å²) in [5, 5.41) is 3.89. The van der Waals surface area contributed by atoms with Gasteiger partial charge in [-0.2, -0.15) is 13.2 Å². The SMILES string of the molecule is NC(=O)c1ccccc1CN1CC(NC2CCN(C(=O)c3ccc(Cl)cc3)CC2)C(OC(=O)C(F)(F)F)C1. The Labute approximate surface area is 222 Å². The van der Waals surface area contributed by atoms with E-state index in [1.807, 2.05) is 4.90 Å². The quantitative estimate of drug-likeness (QED) is 0.512. The molecule has 204 valence electrons. The molecular formula is C26H28ClF3N4O4. The molecule has 2 aromatic carbocycles. The molecule has 2 amide bonds. The molecule has 0 bridgehead atoms. The van der Waals surface area contributed by atoms with E-state index in [1.54, 1.807) is 53.4 Å². The van der Waals surface area contributed by atoms with E-state index in [-0.39, 0.29) is 25.0 Å². The predicted octanol–water partition coefficient (Wildman–Crippen LogP) is 2.99.